The van der Waals surface area contributed by atoms with Gasteiger partial charge in [-0.3, -0.25) is 0 Å². The standard InChI is InChI=1S/C15H11N.2Al/c1-10-11-6-2-3-7-12(11)13-8-4-5-9-14(13)15(10)16;;/h2,5-9H,16H2,1H3;;. The molecule has 2 N–H and O–H groups in total. The highest BCUT2D eigenvalue weighted by atomic mass is 27.1. The van der Waals surface area contributed by atoms with Crippen LogP contribution in [0.3, 0.4) is 0 Å². The first-order chi connectivity index (χ1) is 8.58. The summed E-state index contributed by atoms with van der Waals surface area (Å²) in [5, 5.41) is 4.88. The smallest absolute Gasteiger partial charge is 0.175 e. The molecule has 18 heavy (non-hydrogen) atoms. The summed E-state index contributed by atoms with van der Waals surface area (Å²) in [5.74, 6) is 0. The van der Waals surface area contributed by atoms with Gasteiger partial charge in [0.25, 0.3) is 0 Å². The van der Waals surface area contributed by atoms with Crippen LogP contribution in [0.2, 0.25) is 0 Å². The van der Waals surface area contributed by atoms with Crippen molar-refractivity contribution in [2.45, 2.75) is 6.92 Å². The number of nitrogen functional groups attached to an aromatic ring is 1. The van der Waals surface area contributed by atoms with Gasteiger partial charge in [0.15, 0.2) is 32.6 Å². The molecule has 0 aromatic heterocycles. The lowest BCUT2D eigenvalue weighted by Crippen LogP contribution is -2.05. The van der Waals surface area contributed by atoms with Gasteiger partial charge in [0.2, 0.25) is 0 Å². The Morgan fingerprint density at radius 1 is 0.778 bits per heavy atom. The van der Waals surface area contributed by atoms with Gasteiger partial charge >= 0.3 is 0 Å². The number of rotatable bonds is 0. The van der Waals surface area contributed by atoms with Crippen molar-refractivity contribution >= 4 is 68.7 Å². The molecule has 0 saturated carbocycles. The van der Waals surface area contributed by atoms with E-state index in [1.165, 1.54) is 30.6 Å². The quantitative estimate of drug-likeness (QED) is 0.369. The van der Waals surface area contributed by atoms with Crippen LogP contribution in [0.25, 0.3) is 21.5 Å². The highest BCUT2D eigenvalue weighted by molar-refractivity contribution is 6.36. The van der Waals surface area contributed by atoms with Gasteiger partial charge in [-0.15, -0.1) is 8.85 Å². The first-order valence-electron chi connectivity index (χ1n) is 5.84. The maximum atomic E-state index is 6.26. The van der Waals surface area contributed by atoms with E-state index >= 15 is 0 Å². The highest BCUT2D eigenvalue weighted by Crippen LogP contribution is 2.32. The lowest BCUT2D eigenvalue weighted by Gasteiger charge is -2.13. The average Bonchev–Trinajstić information content (AvgIpc) is 2.36. The third kappa shape index (κ3) is 1.76. The summed E-state index contributed by atoms with van der Waals surface area (Å²) < 4.78 is 2.38. The van der Waals surface area contributed by atoms with Gasteiger partial charge in [-0.2, -0.15) is 0 Å². The van der Waals surface area contributed by atoms with E-state index in [1.807, 2.05) is 0 Å². The molecule has 0 aliphatic rings. The van der Waals surface area contributed by atoms with Crippen molar-refractivity contribution in [2.75, 3.05) is 5.73 Å². The summed E-state index contributed by atoms with van der Waals surface area (Å²) in [4.78, 5) is 0. The zero-order chi connectivity index (χ0) is 12.9. The molecule has 0 spiro atoms. The molecular weight excluding hydrogens is 248 g/mol. The molecule has 82 valence electrons. The van der Waals surface area contributed by atoms with E-state index in [0.717, 1.165) is 11.1 Å². The molecule has 0 fully saturated rings. The summed E-state index contributed by atoms with van der Waals surface area (Å²) in [7, 11) is 0. The predicted molar refractivity (Wildman–Crippen MR) is 81.4 cm³/mol. The number of fused-ring (bicyclic) bond motifs is 3. The van der Waals surface area contributed by atoms with E-state index in [-0.39, 0.29) is 0 Å². The average molecular weight is 259 g/mol. The molecule has 0 bridgehead atoms. The Bertz CT molecular complexity index is 712. The molecule has 1 nitrogen and oxygen atoms in total. The van der Waals surface area contributed by atoms with E-state index in [2.05, 4.69) is 75.9 Å². The normalized spacial score (nSPS) is 11.2. The first kappa shape index (κ1) is 12.1. The van der Waals surface area contributed by atoms with Crippen LogP contribution in [0.1, 0.15) is 5.56 Å². The minimum absolute atomic E-state index is 0.888. The van der Waals surface area contributed by atoms with Gasteiger partial charge in [0, 0.05) is 11.1 Å². The van der Waals surface area contributed by atoms with Gasteiger partial charge < -0.3 is 5.73 Å². The highest BCUT2D eigenvalue weighted by Gasteiger charge is 2.08. The molecule has 0 aliphatic carbocycles. The lowest BCUT2D eigenvalue weighted by molar-refractivity contribution is 1.55. The third-order valence-corrected chi connectivity index (χ3v) is 4.19. The number of hydrogen-bond acceptors (Lipinski definition) is 1. The minimum Gasteiger partial charge on any atom is -0.398 e. The summed E-state index contributed by atoms with van der Waals surface area (Å²) in [6, 6.07) is 12.8. The van der Waals surface area contributed by atoms with Crippen LogP contribution in [-0.2, 0) is 0 Å². The molecule has 3 aromatic carbocycles. The van der Waals surface area contributed by atoms with Crippen LogP contribution in [0.5, 0.6) is 0 Å². The van der Waals surface area contributed by atoms with E-state index in [4.69, 9.17) is 5.73 Å². The second-order valence-electron chi connectivity index (χ2n) is 4.65. The molecule has 0 atom stereocenters. The fourth-order valence-corrected chi connectivity index (χ4v) is 3.00. The Labute approximate surface area is 123 Å². The van der Waals surface area contributed by atoms with Crippen molar-refractivity contribution in [1.82, 2.24) is 0 Å². The zero-order valence-corrected chi connectivity index (χ0v) is 12.5. The Morgan fingerprint density at radius 3 is 1.89 bits per heavy atom. The number of benzene rings is 3. The second kappa shape index (κ2) is 4.31. The van der Waals surface area contributed by atoms with Gasteiger partial charge in [0.1, 0.15) is 0 Å². The van der Waals surface area contributed by atoms with Crippen molar-refractivity contribution in [1.29, 1.82) is 0 Å². The Morgan fingerprint density at radius 2 is 1.28 bits per heavy atom. The molecule has 0 aliphatic heterocycles. The van der Waals surface area contributed by atoms with Crippen molar-refractivity contribution in [2.24, 2.45) is 0 Å². The fourth-order valence-electron chi connectivity index (χ4n) is 2.48. The van der Waals surface area contributed by atoms with Crippen molar-refractivity contribution < 1.29 is 0 Å². The minimum atomic E-state index is 0.888. The van der Waals surface area contributed by atoms with Crippen LogP contribution in [0.4, 0.5) is 5.69 Å². The topological polar surface area (TPSA) is 26.0 Å². The van der Waals surface area contributed by atoms with Crippen LogP contribution in [-0.4, -0.2) is 32.6 Å². The largest absolute Gasteiger partial charge is 0.398 e. The molecule has 0 unspecified atom stereocenters. The van der Waals surface area contributed by atoms with Crippen LogP contribution >= 0.6 is 0 Å². The molecule has 3 rings (SSSR count). The Hall–Kier alpha value is -0.955. The van der Waals surface area contributed by atoms with Crippen LogP contribution < -0.4 is 14.6 Å². The SMILES string of the molecule is Cc1c(N)c2cc[c]([Al])cc2c2c[c]([Al])ccc12. The molecule has 3 aromatic rings. The monoisotopic (exact) mass is 259 g/mol. The lowest BCUT2D eigenvalue weighted by atomic mass is 9.96. The van der Waals surface area contributed by atoms with Crippen molar-refractivity contribution in [3.63, 3.8) is 0 Å². The van der Waals surface area contributed by atoms with Crippen molar-refractivity contribution in [3.8, 4) is 0 Å². The van der Waals surface area contributed by atoms with Crippen LogP contribution in [0.15, 0.2) is 36.4 Å². The maximum Gasteiger partial charge on any atom is 0.175 e. The molecule has 3 heteroatoms. The van der Waals surface area contributed by atoms with E-state index in [0.29, 0.717) is 0 Å². The van der Waals surface area contributed by atoms with Crippen molar-refractivity contribution in [3.05, 3.63) is 42.0 Å². The number of anilines is 1. The maximum absolute atomic E-state index is 6.26. The summed E-state index contributed by atoms with van der Waals surface area (Å²) in [6.45, 7) is 2.09. The Balaban J connectivity index is 2.64. The molecule has 0 saturated heterocycles. The predicted octanol–water partition coefficient (Wildman–Crippen LogP) is 1.47. The molecule has 0 heterocycles. The van der Waals surface area contributed by atoms with E-state index in [9.17, 15) is 0 Å². The third-order valence-electron chi connectivity index (χ3n) is 3.48. The van der Waals surface area contributed by atoms with Gasteiger partial charge in [-0.05, 0) is 28.6 Å². The molecule has 4 radical (unpaired) electrons. The zero-order valence-electron chi connectivity index (χ0n) is 10.2. The summed E-state index contributed by atoms with van der Waals surface area (Å²) in [5.41, 5.74) is 8.31. The first-order valence-corrected chi connectivity index (χ1v) is 7.00. The summed E-state index contributed by atoms with van der Waals surface area (Å²) in [6.07, 6.45) is 0. The molecule has 0 amide bonds. The van der Waals surface area contributed by atoms with E-state index < -0.39 is 0 Å². The fraction of sp³-hybridized carbons (Fsp3) is 0.0667. The number of hydrogen-bond donors (Lipinski definition) is 1. The van der Waals surface area contributed by atoms with Gasteiger partial charge in [0.05, 0.1) is 0 Å². The molecular formula is C15H11Al2N. The number of nitrogens with two attached hydrogens (primary N) is 1. The van der Waals surface area contributed by atoms with E-state index in [1.54, 1.807) is 0 Å². The van der Waals surface area contributed by atoms with Gasteiger partial charge in [-0.25, -0.2) is 0 Å². The Kier molecular flexibility index (Phi) is 2.89. The van der Waals surface area contributed by atoms with Gasteiger partial charge in [-0.1, -0.05) is 36.4 Å². The summed E-state index contributed by atoms with van der Waals surface area (Å²) >= 11 is 5.50. The number of aryl methyl sites for hydroxylation is 1. The van der Waals surface area contributed by atoms with Crippen LogP contribution in [0, 0.1) is 6.92 Å². The second-order valence-corrected chi connectivity index (χ2v) is 5.98.